The number of H-pyrrole nitrogens is 1. The molecule has 0 saturated carbocycles. The highest BCUT2D eigenvalue weighted by Crippen LogP contribution is 2.39. The molecule has 3 N–H and O–H groups in total. The summed E-state index contributed by atoms with van der Waals surface area (Å²) in [6.45, 7) is 1.65. The number of hydrogen-bond donors (Lipinski definition) is 2. The van der Waals surface area contributed by atoms with Crippen LogP contribution >= 0.6 is 0 Å². The number of aromatic nitrogens is 3. The van der Waals surface area contributed by atoms with Crippen LogP contribution in [0.15, 0.2) is 24.3 Å². The van der Waals surface area contributed by atoms with E-state index in [1.54, 1.807) is 4.90 Å². The molecule has 1 unspecified atom stereocenters. The van der Waals surface area contributed by atoms with Crippen molar-refractivity contribution in [2.24, 2.45) is 5.73 Å². The molecule has 2 aromatic rings. The van der Waals surface area contributed by atoms with Crippen LogP contribution in [0.4, 0.5) is 10.5 Å². The lowest BCUT2D eigenvalue weighted by molar-refractivity contribution is -0.121. The molecule has 0 bridgehead atoms. The van der Waals surface area contributed by atoms with Crippen molar-refractivity contribution >= 4 is 17.7 Å². The average molecular weight is 329 g/mol. The van der Waals surface area contributed by atoms with Crippen LogP contribution in [-0.4, -0.2) is 33.8 Å². The van der Waals surface area contributed by atoms with Crippen LogP contribution in [0.2, 0.25) is 0 Å². The van der Waals surface area contributed by atoms with Crippen LogP contribution in [-0.2, 0) is 22.4 Å². The third-order valence-electron chi connectivity index (χ3n) is 3.92. The van der Waals surface area contributed by atoms with Crippen molar-refractivity contribution in [3.8, 4) is 0 Å². The largest absolute Gasteiger partial charge is 0.440 e. The normalized spacial score (nSPS) is 16.0. The fourth-order valence-corrected chi connectivity index (χ4v) is 2.91. The maximum absolute atomic E-state index is 12.6. The summed E-state index contributed by atoms with van der Waals surface area (Å²) in [5.74, 6) is 0.997. The Morgan fingerprint density at radius 3 is 2.96 bits per heavy atom. The summed E-state index contributed by atoms with van der Waals surface area (Å²) in [4.78, 5) is 29.4. The zero-order valence-corrected chi connectivity index (χ0v) is 13.4. The SMILES string of the molecule is CCCc1nc(C2Cc3ccccc3N2C(=O)COC(N)=O)n[nH]1. The predicted octanol–water partition coefficient (Wildman–Crippen LogP) is 1.48. The number of carbonyl (C=O) groups is 2. The zero-order chi connectivity index (χ0) is 17.1. The van der Waals surface area contributed by atoms with Gasteiger partial charge in [0.25, 0.3) is 5.91 Å². The highest BCUT2D eigenvalue weighted by Gasteiger charge is 2.37. The van der Waals surface area contributed by atoms with Gasteiger partial charge in [0.05, 0.1) is 0 Å². The summed E-state index contributed by atoms with van der Waals surface area (Å²) in [7, 11) is 0. The van der Waals surface area contributed by atoms with Gasteiger partial charge in [0.1, 0.15) is 11.9 Å². The molecule has 1 aromatic carbocycles. The van der Waals surface area contributed by atoms with Crippen molar-refractivity contribution in [2.45, 2.75) is 32.2 Å². The zero-order valence-electron chi connectivity index (χ0n) is 13.4. The second kappa shape index (κ2) is 6.69. The Morgan fingerprint density at radius 1 is 1.42 bits per heavy atom. The molecule has 0 spiro atoms. The van der Waals surface area contributed by atoms with E-state index in [1.807, 2.05) is 24.3 Å². The van der Waals surface area contributed by atoms with Gasteiger partial charge in [-0.25, -0.2) is 9.78 Å². The lowest BCUT2D eigenvalue weighted by Gasteiger charge is -2.23. The number of carbonyl (C=O) groups excluding carboxylic acids is 2. The third-order valence-corrected chi connectivity index (χ3v) is 3.92. The number of ether oxygens (including phenoxy) is 1. The maximum atomic E-state index is 12.6. The van der Waals surface area contributed by atoms with E-state index in [1.165, 1.54) is 0 Å². The summed E-state index contributed by atoms with van der Waals surface area (Å²) in [5, 5.41) is 7.18. The van der Waals surface area contributed by atoms with Crippen LogP contribution < -0.4 is 10.6 Å². The molecule has 2 heterocycles. The van der Waals surface area contributed by atoms with Gasteiger partial charge >= 0.3 is 6.09 Å². The first kappa shape index (κ1) is 16.0. The molecule has 1 aliphatic rings. The van der Waals surface area contributed by atoms with Gasteiger partial charge in [-0.3, -0.25) is 14.8 Å². The molecule has 2 amide bonds. The molecule has 0 aliphatic carbocycles. The summed E-state index contributed by atoms with van der Waals surface area (Å²) >= 11 is 0. The molecule has 1 atom stereocenters. The smallest absolute Gasteiger partial charge is 0.405 e. The van der Waals surface area contributed by atoms with Crippen molar-refractivity contribution in [2.75, 3.05) is 11.5 Å². The molecule has 3 rings (SSSR count). The van der Waals surface area contributed by atoms with Gasteiger partial charge in [-0.15, -0.1) is 0 Å². The quantitative estimate of drug-likeness (QED) is 0.862. The van der Waals surface area contributed by atoms with E-state index in [0.29, 0.717) is 12.2 Å². The standard InChI is InChI=1S/C16H19N5O3/c1-2-5-13-18-15(20-19-13)12-8-10-6-3-4-7-11(10)21(12)14(22)9-24-16(17)23/h3-4,6-7,12H,2,5,8-9H2,1H3,(H2,17,23)(H,18,19,20). The van der Waals surface area contributed by atoms with Crippen molar-refractivity contribution < 1.29 is 14.3 Å². The first-order valence-electron chi connectivity index (χ1n) is 7.83. The van der Waals surface area contributed by atoms with Gasteiger partial charge in [0, 0.05) is 18.5 Å². The van der Waals surface area contributed by atoms with Gasteiger partial charge < -0.3 is 10.5 Å². The predicted molar refractivity (Wildman–Crippen MR) is 86.3 cm³/mol. The number of para-hydroxylation sites is 1. The number of nitrogens with zero attached hydrogens (tertiary/aromatic N) is 3. The average Bonchev–Trinajstić information content (AvgIpc) is 3.17. The first-order valence-corrected chi connectivity index (χ1v) is 7.83. The molecule has 0 radical (unpaired) electrons. The Labute approximate surface area is 139 Å². The summed E-state index contributed by atoms with van der Waals surface area (Å²) in [6.07, 6.45) is 1.39. The highest BCUT2D eigenvalue weighted by molar-refractivity contribution is 5.97. The number of anilines is 1. The molecule has 0 saturated heterocycles. The molecular weight excluding hydrogens is 310 g/mol. The number of rotatable bonds is 5. The van der Waals surface area contributed by atoms with E-state index in [2.05, 4.69) is 26.8 Å². The van der Waals surface area contributed by atoms with Crippen LogP contribution in [0.5, 0.6) is 0 Å². The van der Waals surface area contributed by atoms with Crippen LogP contribution in [0.1, 0.15) is 36.6 Å². The Hall–Kier alpha value is -2.90. The lowest BCUT2D eigenvalue weighted by Crippen LogP contribution is -2.36. The van der Waals surface area contributed by atoms with E-state index in [4.69, 9.17) is 5.73 Å². The van der Waals surface area contributed by atoms with Crippen LogP contribution in [0.25, 0.3) is 0 Å². The van der Waals surface area contributed by atoms with Gasteiger partial charge in [-0.05, 0) is 18.1 Å². The highest BCUT2D eigenvalue weighted by atomic mass is 16.5. The van der Waals surface area contributed by atoms with E-state index in [-0.39, 0.29) is 11.9 Å². The number of fused-ring (bicyclic) bond motifs is 1. The topological polar surface area (TPSA) is 114 Å². The van der Waals surface area contributed by atoms with E-state index < -0.39 is 12.7 Å². The number of amides is 2. The minimum Gasteiger partial charge on any atom is -0.440 e. The summed E-state index contributed by atoms with van der Waals surface area (Å²) < 4.78 is 4.66. The fraction of sp³-hybridized carbons (Fsp3) is 0.375. The van der Waals surface area contributed by atoms with Crippen molar-refractivity contribution in [3.63, 3.8) is 0 Å². The second-order valence-corrected chi connectivity index (χ2v) is 5.61. The number of benzene rings is 1. The minimum absolute atomic E-state index is 0.326. The second-order valence-electron chi connectivity index (χ2n) is 5.61. The Morgan fingerprint density at radius 2 is 2.21 bits per heavy atom. The first-order chi connectivity index (χ1) is 11.6. The molecule has 126 valence electrons. The molecule has 0 fully saturated rings. The molecule has 8 heteroatoms. The minimum atomic E-state index is -0.976. The number of nitrogens with two attached hydrogens (primary N) is 1. The number of aromatic amines is 1. The molecule has 8 nitrogen and oxygen atoms in total. The van der Waals surface area contributed by atoms with Gasteiger partial charge in [0.15, 0.2) is 12.4 Å². The van der Waals surface area contributed by atoms with Gasteiger partial charge in [-0.1, -0.05) is 25.1 Å². The number of nitrogens with one attached hydrogen (secondary N) is 1. The number of aryl methyl sites for hydroxylation is 1. The Balaban J connectivity index is 1.89. The maximum Gasteiger partial charge on any atom is 0.405 e. The number of primary amides is 1. The van der Waals surface area contributed by atoms with Crippen LogP contribution in [0, 0.1) is 0 Å². The molecule has 1 aromatic heterocycles. The monoisotopic (exact) mass is 329 g/mol. The fourth-order valence-electron chi connectivity index (χ4n) is 2.91. The van der Waals surface area contributed by atoms with Crippen molar-refractivity contribution in [1.29, 1.82) is 0 Å². The summed E-state index contributed by atoms with van der Waals surface area (Å²) in [5.41, 5.74) is 6.76. The Bertz CT molecular complexity index is 758. The van der Waals surface area contributed by atoms with E-state index in [9.17, 15) is 9.59 Å². The van der Waals surface area contributed by atoms with E-state index in [0.717, 1.165) is 29.9 Å². The Kier molecular flexibility index (Phi) is 4.45. The van der Waals surface area contributed by atoms with Gasteiger partial charge in [0.2, 0.25) is 0 Å². The van der Waals surface area contributed by atoms with Gasteiger partial charge in [-0.2, -0.15) is 5.10 Å². The van der Waals surface area contributed by atoms with Crippen molar-refractivity contribution in [3.05, 3.63) is 41.5 Å². The third kappa shape index (κ3) is 3.08. The van der Waals surface area contributed by atoms with E-state index >= 15 is 0 Å². The number of hydrogen-bond acceptors (Lipinski definition) is 5. The molecule has 24 heavy (non-hydrogen) atoms. The lowest BCUT2D eigenvalue weighted by atomic mass is 10.1. The van der Waals surface area contributed by atoms with Crippen LogP contribution in [0.3, 0.4) is 0 Å². The molecule has 1 aliphatic heterocycles. The summed E-state index contributed by atoms with van der Waals surface area (Å²) in [6, 6.07) is 7.27. The van der Waals surface area contributed by atoms with Crippen molar-refractivity contribution in [1.82, 2.24) is 15.2 Å². The molecular formula is C16H19N5O3.